The van der Waals surface area contributed by atoms with Crippen LogP contribution in [0.2, 0.25) is 0 Å². The molecule has 0 bridgehead atoms. The molecule has 1 aliphatic heterocycles. The Bertz CT molecular complexity index is 299. The fourth-order valence-corrected chi connectivity index (χ4v) is 3.26. The Hall–Kier alpha value is 0.01000. The first-order valence-electron chi connectivity index (χ1n) is 4.76. The molecule has 1 fully saturated rings. The van der Waals surface area contributed by atoms with Gasteiger partial charge in [-0.3, -0.25) is 0 Å². The number of thioether (sulfide) groups is 1. The molecule has 1 saturated heterocycles. The maximum absolute atomic E-state index is 9.67. The Morgan fingerprint density at radius 2 is 2.00 bits per heavy atom. The van der Waals surface area contributed by atoms with Gasteiger partial charge in [0.05, 0.1) is 6.10 Å². The molecule has 0 radical (unpaired) electrons. The molecule has 2 atom stereocenters. The molecule has 1 aliphatic rings. The SMILES string of the molecule is OC1CSCC1Cc1ccc(Br)cc1. The van der Waals surface area contributed by atoms with Gasteiger partial charge in [-0.2, -0.15) is 11.8 Å². The summed E-state index contributed by atoms with van der Waals surface area (Å²) in [5.74, 6) is 2.44. The lowest BCUT2D eigenvalue weighted by Crippen LogP contribution is -2.19. The van der Waals surface area contributed by atoms with Crippen molar-refractivity contribution in [3.05, 3.63) is 34.3 Å². The Balaban J connectivity index is 2.00. The average molecular weight is 273 g/mol. The molecule has 1 N–H and O–H groups in total. The molecule has 1 nitrogen and oxygen atoms in total. The summed E-state index contributed by atoms with van der Waals surface area (Å²) in [5.41, 5.74) is 1.32. The van der Waals surface area contributed by atoms with Crippen LogP contribution in [0.3, 0.4) is 0 Å². The van der Waals surface area contributed by atoms with Gasteiger partial charge in [0.15, 0.2) is 0 Å². The Kier molecular flexibility index (Phi) is 3.52. The second kappa shape index (κ2) is 4.69. The number of rotatable bonds is 2. The summed E-state index contributed by atoms with van der Waals surface area (Å²) in [6.45, 7) is 0. The van der Waals surface area contributed by atoms with Gasteiger partial charge >= 0.3 is 0 Å². The topological polar surface area (TPSA) is 20.2 Å². The number of hydrogen-bond acceptors (Lipinski definition) is 2. The van der Waals surface area contributed by atoms with Crippen LogP contribution < -0.4 is 0 Å². The smallest absolute Gasteiger partial charge is 0.0669 e. The van der Waals surface area contributed by atoms with Crippen molar-refractivity contribution >= 4 is 27.7 Å². The highest BCUT2D eigenvalue weighted by Gasteiger charge is 2.25. The quantitative estimate of drug-likeness (QED) is 0.894. The molecule has 0 aliphatic carbocycles. The van der Waals surface area contributed by atoms with Crippen LogP contribution >= 0.6 is 27.7 Å². The Labute approximate surface area is 97.0 Å². The molecule has 1 aromatic carbocycles. The van der Waals surface area contributed by atoms with Crippen molar-refractivity contribution < 1.29 is 5.11 Å². The van der Waals surface area contributed by atoms with E-state index in [9.17, 15) is 5.11 Å². The highest BCUT2D eigenvalue weighted by Crippen LogP contribution is 2.27. The summed E-state index contributed by atoms with van der Waals surface area (Å²) < 4.78 is 1.11. The van der Waals surface area contributed by atoms with Gasteiger partial charge in [-0.1, -0.05) is 28.1 Å². The zero-order valence-electron chi connectivity index (χ0n) is 7.82. The molecule has 0 spiro atoms. The molecule has 2 rings (SSSR count). The first kappa shape index (κ1) is 10.5. The normalized spacial score (nSPS) is 26.7. The monoisotopic (exact) mass is 272 g/mol. The summed E-state index contributed by atoms with van der Waals surface area (Å²) >= 11 is 5.27. The lowest BCUT2D eigenvalue weighted by atomic mass is 9.97. The highest BCUT2D eigenvalue weighted by molar-refractivity contribution is 9.10. The van der Waals surface area contributed by atoms with E-state index in [1.54, 1.807) is 0 Å². The molecule has 3 heteroatoms. The standard InChI is InChI=1S/C11H13BrOS/c12-10-3-1-8(2-4-10)5-9-6-14-7-11(9)13/h1-4,9,11,13H,5-7H2. The van der Waals surface area contributed by atoms with Gasteiger partial charge in [0.25, 0.3) is 0 Å². The number of aliphatic hydroxyl groups is 1. The van der Waals surface area contributed by atoms with Crippen molar-refractivity contribution in [2.75, 3.05) is 11.5 Å². The lowest BCUT2D eigenvalue weighted by molar-refractivity contribution is 0.150. The van der Waals surface area contributed by atoms with E-state index >= 15 is 0 Å². The molecule has 1 aromatic rings. The zero-order chi connectivity index (χ0) is 9.97. The number of halogens is 1. The van der Waals surface area contributed by atoms with Gasteiger partial charge in [0, 0.05) is 10.2 Å². The average Bonchev–Trinajstić information content (AvgIpc) is 2.56. The summed E-state index contributed by atoms with van der Waals surface area (Å²) in [7, 11) is 0. The minimum Gasteiger partial charge on any atom is -0.392 e. The Morgan fingerprint density at radius 3 is 2.57 bits per heavy atom. The van der Waals surface area contributed by atoms with Crippen molar-refractivity contribution in [1.82, 2.24) is 0 Å². The predicted molar refractivity (Wildman–Crippen MR) is 64.7 cm³/mol. The maximum Gasteiger partial charge on any atom is 0.0669 e. The van der Waals surface area contributed by atoms with E-state index in [1.165, 1.54) is 5.56 Å². The van der Waals surface area contributed by atoms with Crippen LogP contribution in [-0.2, 0) is 6.42 Å². The van der Waals surface area contributed by atoms with Crippen molar-refractivity contribution in [1.29, 1.82) is 0 Å². The molecule has 0 amide bonds. The Morgan fingerprint density at radius 1 is 1.29 bits per heavy atom. The zero-order valence-corrected chi connectivity index (χ0v) is 10.2. The van der Waals surface area contributed by atoms with Crippen LogP contribution in [0.25, 0.3) is 0 Å². The predicted octanol–water partition coefficient (Wildman–Crippen LogP) is 2.72. The highest BCUT2D eigenvalue weighted by atomic mass is 79.9. The summed E-state index contributed by atoms with van der Waals surface area (Å²) in [6.07, 6.45) is 0.894. The lowest BCUT2D eigenvalue weighted by Gasteiger charge is -2.12. The van der Waals surface area contributed by atoms with Crippen LogP contribution in [0.15, 0.2) is 28.7 Å². The first-order valence-corrected chi connectivity index (χ1v) is 6.71. The van der Waals surface area contributed by atoms with Gasteiger partial charge in [-0.15, -0.1) is 0 Å². The molecule has 0 saturated carbocycles. The second-order valence-electron chi connectivity index (χ2n) is 3.70. The van der Waals surface area contributed by atoms with E-state index in [-0.39, 0.29) is 6.10 Å². The van der Waals surface area contributed by atoms with Gasteiger partial charge in [-0.25, -0.2) is 0 Å². The van der Waals surface area contributed by atoms with Crippen molar-refractivity contribution in [2.24, 2.45) is 5.92 Å². The number of aliphatic hydroxyl groups excluding tert-OH is 1. The third-order valence-electron chi connectivity index (χ3n) is 2.58. The summed E-state index contributed by atoms with van der Waals surface area (Å²) in [4.78, 5) is 0. The maximum atomic E-state index is 9.67. The van der Waals surface area contributed by atoms with Crippen LogP contribution in [0.1, 0.15) is 5.56 Å². The largest absolute Gasteiger partial charge is 0.392 e. The number of hydrogen-bond donors (Lipinski definition) is 1. The van der Waals surface area contributed by atoms with E-state index in [1.807, 2.05) is 11.8 Å². The first-order chi connectivity index (χ1) is 6.75. The van der Waals surface area contributed by atoms with E-state index < -0.39 is 0 Å². The molecule has 2 unspecified atom stereocenters. The van der Waals surface area contributed by atoms with Crippen LogP contribution in [0.5, 0.6) is 0 Å². The molecule has 1 heterocycles. The van der Waals surface area contributed by atoms with Gasteiger partial charge in [0.1, 0.15) is 0 Å². The number of benzene rings is 1. The van der Waals surface area contributed by atoms with Crippen LogP contribution in [-0.4, -0.2) is 22.7 Å². The van der Waals surface area contributed by atoms with Crippen molar-refractivity contribution in [2.45, 2.75) is 12.5 Å². The molecule has 14 heavy (non-hydrogen) atoms. The van der Waals surface area contributed by atoms with Gasteiger partial charge in [0.2, 0.25) is 0 Å². The molecule has 0 aromatic heterocycles. The second-order valence-corrected chi connectivity index (χ2v) is 5.69. The molecule has 76 valence electrons. The van der Waals surface area contributed by atoms with Crippen molar-refractivity contribution in [3.63, 3.8) is 0 Å². The van der Waals surface area contributed by atoms with Crippen LogP contribution in [0, 0.1) is 5.92 Å². The third kappa shape index (κ3) is 2.53. The minimum atomic E-state index is -0.108. The molecular weight excluding hydrogens is 260 g/mol. The fourth-order valence-electron chi connectivity index (χ4n) is 1.71. The summed E-state index contributed by atoms with van der Waals surface area (Å²) in [6, 6.07) is 8.37. The molecular formula is C11H13BrOS. The fraction of sp³-hybridized carbons (Fsp3) is 0.455. The van der Waals surface area contributed by atoms with E-state index in [4.69, 9.17) is 0 Å². The van der Waals surface area contributed by atoms with Gasteiger partial charge < -0.3 is 5.11 Å². The van der Waals surface area contributed by atoms with Crippen LogP contribution in [0.4, 0.5) is 0 Å². The van der Waals surface area contributed by atoms with E-state index in [2.05, 4.69) is 40.2 Å². The van der Waals surface area contributed by atoms with Gasteiger partial charge in [-0.05, 0) is 35.8 Å². The van der Waals surface area contributed by atoms with E-state index in [0.717, 1.165) is 22.4 Å². The third-order valence-corrected chi connectivity index (χ3v) is 4.35. The minimum absolute atomic E-state index is 0.108. The van der Waals surface area contributed by atoms with E-state index in [0.29, 0.717) is 5.92 Å². The summed E-state index contributed by atoms with van der Waals surface area (Å²) in [5, 5.41) is 9.67. The van der Waals surface area contributed by atoms with Crippen molar-refractivity contribution in [3.8, 4) is 0 Å².